The highest BCUT2D eigenvalue weighted by molar-refractivity contribution is 5.71. The molecule has 0 radical (unpaired) electrons. The molecule has 310 valence electrons. The van der Waals surface area contributed by atoms with Crippen LogP contribution < -0.4 is 11.5 Å². The first-order valence-electron chi connectivity index (χ1n) is 19.1. The van der Waals surface area contributed by atoms with Gasteiger partial charge in [-0.1, -0.05) is 46.5 Å². The highest BCUT2D eigenvalue weighted by Gasteiger charge is 2.59. The zero-order valence-electron chi connectivity index (χ0n) is 32.4. The number of nitrogen functional groups attached to an aromatic ring is 2. The number of aliphatic hydroxyl groups is 4. The molecule has 4 aromatic rings. The molecule has 0 spiro atoms. The molecule has 2 aliphatic rings. The molecule has 0 aromatic carbocycles. The number of rotatable bonds is 16. The largest absolute Gasteiger partial charge is 0.463 e. The maximum atomic E-state index is 13.2. The van der Waals surface area contributed by atoms with Gasteiger partial charge < -0.3 is 50.8 Å². The lowest BCUT2D eigenvalue weighted by Crippen LogP contribution is -2.41. The Labute approximate surface area is 332 Å². The van der Waals surface area contributed by atoms with Crippen LogP contribution in [0.3, 0.4) is 0 Å². The van der Waals surface area contributed by atoms with Gasteiger partial charge >= 0.3 is 11.9 Å². The van der Waals surface area contributed by atoms with Gasteiger partial charge in [-0.3, -0.25) is 9.59 Å². The van der Waals surface area contributed by atoms with Gasteiger partial charge in [0.2, 0.25) is 11.2 Å². The summed E-state index contributed by atoms with van der Waals surface area (Å²) in [5.74, 6) is -0.868. The number of hydrogen-bond acceptors (Lipinski definition) is 18. The lowest BCUT2D eigenvalue weighted by Gasteiger charge is -2.25. The van der Waals surface area contributed by atoms with Gasteiger partial charge in [0, 0.05) is 12.8 Å². The summed E-state index contributed by atoms with van der Waals surface area (Å²) in [6.45, 7) is 4.72. The molecule has 2 aliphatic heterocycles. The number of esters is 2. The van der Waals surface area contributed by atoms with Gasteiger partial charge in [-0.25, -0.2) is 19.0 Å². The molecule has 0 bridgehead atoms. The van der Waals surface area contributed by atoms with Crippen LogP contribution in [-0.4, -0.2) is 111 Å². The van der Waals surface area contributed by atoms with Crippen molar-refractivity contribution in [3.8, 4) is 12.1 Å². The summed E-state index contributed by atoms with van der Waals surface area (Å²) in [5, 5.41) is 73.2. The number of nitrogens with zero attached hydrogens (tertiary/aromatic N) is 8. The summed E-state index contributed by atoms with van der Waals surface area (Å²) >= 11 is 0. The normalized spacial score (nSPS) is 27.1. The van der Waals surface area contributed by atoms with E-state index in [2.05, 4.69) is 27.1 Å². The molecule has 0 amide bonds. The van der Waals surface area contributed by atoms with Crippen molar-refractivity contribution in [3.63, 3.8) is 0 Å². The van der Waals surface area contributed by atoms with Gasteiger partial charge in [-0.15, -0.1) is 0 Å². The number of carbonyl (C=O) groups is 2. The van der Waals surface area contributed by atoms with E-state index in [1.165, 1.54) is 33.6 Å². The minimum Gasteiger partial charge on any atom is -0.463 e. The minimum absolute atomic E-state index is 0.0250. The number of nitrogens with two attached hydrogens (primary N) is 2. The van der Waals surface area contributed by atoms with Crippen molar-refractivity contribution in [3.05, 3.63) is 47.8 Å². The van der Waals surface area contributed by atoms with E-state index in [0.29, 0.717) is 11.9 Å². The maximum Gasteiger partial charge on any atom is 0.306 e. The summed E-state index contributed by atoms with van der Waals surface area (Å²) in [4.78, 5) is 33.8. The van der Waals surface area contributed by atoms with E-state index in [0.717, 1.165) is 25.7 Å². The summed E-state index contributed by atoms with van der Waals surface area (Å²) in [6.07, 6.45) is -3.23. The zero-order valence-corrected chi connectivity index (χ0v) is 32.4. The van der Waals surface area contributed by atoms with Crippen LogP contribution in [-0.2, 0) is 46.2 Å². The van der Waals surface area contributed by atoms with Crippen LogP contribution in [0.25, 0.3) is 11.0 Å². The molecule has 0 saturated carbocycles. The van der Waals surface area contributed by atoms with E-state index in [4.69, 9.17) is 30.4 Å². The van der Waals surface area contributed by atoms with Crippen LogP contribution in [0.2, 0.25) is 0 Å². The first-order valence-corrected chi connectivity index (χ1v) is 19.1. The smallest absolute Gasteiger partial charge is 0.306 e. The average molecular weight is 805 g/mol. The number of ether oxygens (including phenoxy) is 4. The molecule has 0 aliphatic carbocycles. The standard InChI is InChI=1S/C38H48N10O10/c1-4-5-6-7-8-9-28(49)55-16-23-30(51)33(54)38(19-40,58-23)26-13-11-22-35(42)45-27(46-48(22)26)14-36(2,3)15-29(50)56-17-24-31(52)32(53)37(18-39,57-24)25-12-10-21-34(41)43-20-44-47(21)25/h10-13,20,23-24,30-33,51-54H,4-9,14-17H2,1-3H3,(H2,41,43,44)(H2,42,45,46)/t23-,24-,30-,31-,32-,33-,37+,38+/m1/s1. The monoisotopic (exact) mass is 804 g/mol. The van der Waals surface area contributed by atoms with E-state index in [1.807, 2.05) is 12.1 Å². The Morgan fingerprint density at radius 2 is 1.40 bits per heavy atom. The van der Waals surface area contributed by atoms with E-state index in [-0.39, 0.29) is 60.2 Å². The quantitative estimate of drug-likeness (QED) is 0.0671. The van der Waals surface area contributed by atoms with E-state index in [9.17, 15) is 40.5 Å². The summed E-state index contributed by atoms with van der Waals surface area (Å²) in [7, 11) is 0. The Kier molecular flexibility index (Phi) is 12.2. The molecular formula is C38H48N10O10. The SMILES string of the molecule is CCCCCCCC(=O)OC[C@H]1O[C@@](C#N)(c2ccc3c(N)nc(CC(C)(C)CC(=O)OC[C@H]4O[C@@](C#N)(c5ccc6c(N)ncnn56)[C@H](O)[C@@H]4O)nn23)[C@H](O)[C@@H]1O. The lowest BCUT2D eigenvalue weighted by molar-refractivity contribution is -0.153. The molecule has 8 N–H and O–H groups in total. The Hall–Kier alpha value is -5.48. The summed E-state index contributed by atoms with van der Waals surface area (Å²) in [5.41, 5.74) is 7.94. The molecule has 20 nitrogen and oxygen atoms in total. The first-order chi connectivity index (χ1) is 27.6. The number of carbonyl (C=O) groups excluding carboxylic acids is 2. The predicted octanol–water partition coefficient (Wildman–Crippen LogP) is 0.721. The number of anilines is 2. The van der Waals surface area contributed by atoms with Crippen molar-refractivity contribution in [2.24, 2.45) is 5.41 Å². The molecular weight excluding hydrogens is 756 g/mol. The molecule has 2 saturated heterocycles. The Morgan fingerprint density at radius 1 is 0.845 bits per heavy atom. The highest BCUT2D eigenvalue weighted by Crippen LogP contribution is 2.42. The van der Waals surface area contributed by atoms with Crippen LogP contribution in [0.1, 0.15) is 82.9 Å². The Morgan fingerprint density at radius 3 is 1.98 bits per heavy atom. The fraction of sp³-hybridized carbons (Fsp3) is 0.579. The van der Waals surface area contributed by atoms with E-state index >= 15 is 0 Å². The van der Waals surface area contributed by atoms with Crippen molar-refractivity contribution >= 4 is 34.6 Å². The zero-order chi connectivity index (χ0) is 42.0. The second kappa shape index (κ2) is 16.8. The molecule has 58 heavy (non-hydrogen) atoms. The van der Waals surface area contributed by atoms with Gasteiger partial charge in [0.15, 0.2) is 17.5 Å². The topological polar surface area (TPSA) is 312 Å². The molecule has 8 atom stereocenters. The van der Waals surface area contributed by atoms with E-state index < -0.39 is 71.8 Å². The van der Waals surface area contributed by atoms with Crippen LogP contribution in [0.15, 0.2) is 30.6 Å². The molecule has 6 heterocycles. The van der Waals surface area contributed by atoms with Crippen LogP contribution >= 0.6 is 0 Å². The van der Waals surface area contributed by atoms with Crippen molar-refractivity contribution in [1.29, 1.82) is 10.5 Å². The number of hydrogen-bond donors (Lipinski definition) is 6. The van der Waals surface area contributed by atoms with Gasteiger partial charge in [-0.2, -0.15) is 20.7 Å². The van der Waals surface area contributed by atoms with Gasteiger partial charge in [0.05, 0.1) is 17.8 Å². The predicted molar refractivity (Wildman–Crippen MR) is 201 cm³/mol. The number of aromatic nitrogens is 6. The van der Waals surface area contributed by atoms with Crippen molar-refractivity contribution in [2.75, 3.05) is 24.7 Å². The Balaban J connectivity index is 1.11. The van der Waals surface area contributed by atoms with Crippen molar-refractivity contribution in [1.82, 2.24) is 29.2 Å². The fourth-order valence-electron chi connectivity index (χ4n) is 7.51. The van der Waals surface area contributed by atoms with Gasteiger partial charge in [0.25, 0.3) is 0 Å². The van der Waals surface area contributed by atoms with Gasteiger partial charge in [0.1, 0.15) is 79.3 Å². The first kappa shape index (κ1) is 42.1. The number of aliphatic hydroxyl groups excluding tert-OH is 4. The number of nitriles is 2. The number of unbranched alkanes of at least 4 members (excludes halogenated alkanes) is 4. The van der Waals surface area contributed by atoms with E-state index in [1.54, 1.807) is 19.9 Å². The molecule has 4 aromatic heterocycles. The molecule has 20 heteroatoms. The minimum atomic E-state index is -2.13. The second-order valence-electron chi connectivity index (χ2n) is 15.5. The molecule has 0 unspecified atom stereocenters. The molecule has 2 fully saturated rings. The van der Waals surface area contributed by atoms with Crippen LogP contribution in [0, 0.1) is 28.1 Å². The number of fused-ring (bicyclic) bond motifs is 2. The summed E-state index contributed by atoms with van der Waals surface area (Å²) in [6, 6.07) is 9.92. The van der Waals surface area contributed by atoms with Gasteiger partial charge in [-0.05, 0) is 36.1 Å². The van der Waals surface area contributed by atoms with Crippen LogP contribution in [0.5, 0.6) is 0 Å². The van der Waals surface area contributed by atoms with Crippen LogP contribution in [0.4, 0.5) is 11.6 Å². The second-order valence-corrected chi connectivity index (χ2v) is 15.5. The van der Waals surface area contributed by atoms with Crippen molar-refractivity contribution in [2.45, 2.75) is 120 Å². The fourth-order valence-corrected chi connectivity index (χ4v) is 7.51. The highest BCUT2D eigenvalue weighted by atomic mass is 16.6. The van der Waals surface area contributed by atoms with Crippen molar-refractivity contribution < 1.29 is 49.0 Å². The third-order valence-electron chi connectivity index (χ3n) is 10.6. The Bertz CT molecular complexity index is 2230. The maximum absolute atomic E-state index is 13.2. The average Bonchev–Trinajstić information content (AvgIpc) is 3.94. The third kappa shape index (κ3) is 7.86. The molecule has 6 rings (SSSR count). The summed E-state index contributed by atoms with van der Waals surface area (Å²) < 4.78 is 25.2. The lowest BCUT2D eigenvalue weighted by atomic mass is 9.85. The third-order valence-corrected chi connectivity index (χ3v) is 10.6.